The van der Waals surface area contributed by atoms with E-state index in [1.165, 1.54) is 30.9 Å². The van der Waals surface area contributed by atoms with E-state index in [2.05, 4.69) is 10.6 Å². The van der Waals surface area contributed by atoms with Crippen LogP contribution in [0.1, 0.15) is 88.5 Å². The maximum absolute atomic E-state index is 13.6. The van der Waals surface area contributed by atoms with E-state index in [-0.39, 0.29) is 25.1 Å². The lowest BCUT2D eigenvalue weighted by molar-refractivity contribution is -0.138. The number of carbonyl (C=O) groups excluding carboxylic acids is 2. The highest BCUT2D eigenvalue weighted by molar-refractivity contribution is 5.96. The Morgan fingerprint density at radius 1 is 0.929 bits per heavy atom. The normalized spacial score (nSPS) is 14.7. The van der Waals surface area contributed by atoms with Crippen LogP contribution in [0.15, 0.2) is 66.7 Å². The van der Waals surface area contributed by atoms with Crippen LogP contribution in [0, 0.1) is 6.92 Å². The first-order valence-corrected chi connectivity index (χ1v) is 14.2. The molecule has 0 radical (unpaired) electrons. The smallest absolute Gasteiger partial charge is 0.416 e. The Morgan fingerprint density at radius 2 is 1.60 bits per heavy atom. The summed E-state index contributed by atoms with van der Waals surface area (Å²) in [4.78, 5) is 36.6. The molecule has 222 valence electrons. The summed E-state index contributed by atoms with van der Waals surface area (Å²) < 4.78 is 40.2. The van der Waals surface area contributed by atoms with E-state index in [1.807, 2.05) is 24.3 Å². The molecule has 1 unspecified atom stereocenters. The molecule has 3 aromatic carbocycles. The molecule has 9 heteroatoms. The Hall–Kier alpha value is -4.14. The molecule has 3 aromatic rings. The van der Waals surface area contributed by atoms with Gasteiger partial charge in [0.05, 0.1) is 17.9 Å². The summed E-state index contributed by atoms with van der Waals surface area (Å²) >= 11 is 0. The molecule has 1 saturated carbocycles. The number of halogens is 3. The van der Waals surface area contributed by atoms with Gasteiger partial charge in [-0.2, -0.15) is 13.2 Å². The number of nitrogens with one attached hydrogen (secondary N) is 2. The van der Waals surface area contributed by atoms with Crippen LogP contribution >= 0.6 is 0 Å². The van der Waals surface area contributed by atoms with Gasteiger partial charge in [-0.3, -0.25) is 14.4 Å². The fourth-order valence-corrected chi connectivity index (χ4v) is 5.46. The van der Waals surface area contributed by atoms with Crippen molar-refractivity contribution in [3.05, 3.63) is 100 Å². The first-order valence-electron chi connectivity index (χ1n) is 14.2. The molecule has 0 aromatic heterocycles. The second-order valence-electron chi connectivity index (χ2n) is 10.9. The van der Waals surface area contributed by atoms with E-state index in [1.54, 1.807) is 31.2 Å². The number of aryl methyl sites for hydroxylation is 1. The molecule has 2 amide bonds. The van der Waals surface area contributed by atoms with Crippen molar-refractivity contribution in [2.75, 3.05) is 11.9 Å². The largest absolute Gasteiger partial charge is 0.481 e. The molecule has 42 heavy (non-hydrogen) atoms. The first-order chi connectivity index (χ1) is 20.0. The lowest BCUT2D eigenvalue weighted by Gasteiger charge is -2.23. The molecule has 3 N–H and O–H groups in total. The van der Waals surface area contributed by atoms with Gasteiger partial charge in [0, 0.05) is 17.8 Å². The van der Waals surface area contributed by atoms with Crippen molar-refractivity contribution in [3.8, 4) is 0 Å². The van der Waals surface area contributed by atoms with Gasteiger partial charge in [0.25, 0.3) is 5.91 Å². The summed E-state index contributed by atoms with van der Waals surface area (Å²) in [6.45, 7) is 1.55. The molecule has 1 aliphatic carbocycles. The fraction of sp³-hybridized carbons (Fsp3) is 0.364. The number of aliphatic carboxylic acids is 1. The first kappa shape index (κ1) is 30.8. The summed E-state index contributed by atoms with van der Waals surface area (Å²) in [6.07, 6.45) is 1.43. The molecule has 1 fully saturated rings. The SMILES string of the molecule is Cc1cc(NC(=O)C(Cc2ccc(C(=O)NCCC(=O)O)cc2)c2ccc(C3CCCCC3)cc2)cc(C(F)(F)F)c1. The van der Waals surface area contributed by atoms with Crippen LogP contribution < -0.4 is 10.6 Å². The molecular weight excluding hydrogens is 545 g/mol. The number of benzene rings is 3. The Labute approximate surface area is 243 Å². The van der Waals surface area contributed by atoms with E-state index >= 15 is 0 Å². The van der Waals surface area contributed by atoms with Gasteiger partial charge in [0.15, 0.2) is 0 Å². The minimum absolute atomic E-state index is 0.00400. The van der Waals surface area contributed by atoms with Crippen molar-refractivity contribution in [2.45, 2.75) is 69.9 Å². The van der Waals surface area contributed by atoms with Gasteiger partial charge < -0.3 is 15.7 Å². The summed E-state index contributed by atoms with van der Waals surface area (Å²) in [7, 11) is 0. The zero-order chi connectivity index (χ0) is 30.3. The summed E-state index contributed by atoms with van der Waals surface area (Å²) in [6, 6.07) is 18.1. The van der Waals surface area contributed by atoms with E-state index in [4.69, 9.17) is 5.11 Å². The zero-order valence-electron chi connectivity index (χ0n) is 23.5. The monoisotopic (exact) mass is 580 g/mol. The number of carboxylic acid groups (broad SMARTS) is 1. The number of carboxylic acids is 1. The van der Waals surface area contributed by atoms with E-state index in [0.29, 0.717) is 17.0 Å². The van der Waals surface area contributed by atoms with Crippen molar-refractivity contribution in [1.82, 2.24) is 5.32 Å². The summed E-state index contributed by atoms with van der Waals surface area (Å²) in [5.74, 6) is -2.06. The predicted molar refractivity (Wildman–Crippen MR) is 155 cm³/mol. The van der Waals surface area contributed by atoms with E-state index in [9.17, 15) is 27.6 Å². The number of alkyl halides is 3. The summed E-state index contributed by atoms with van der Waals surface area (Å²) in [5, 5.41) is 14.0. The van der Waals surface area contributed by atoms with Crippen molar-refractivity contribution in [1.29, 1.82) is 0 Å². The minimum Gasteiger partial charge on any atom is -0.481 e. The zero-order valence-corrected chi connectivity index (χ0v) is 23.5. The van der Waals surface area contributed by atoms with Crippen molar-refractivity contribution in [3.63, 3.8) is 0 Å². The van der Waals surface area contributed by atoms with Gasteiger partial charge >= 0.3 is 12.1 Å². The van der Waals surface area contributed by atoms with Gasteiger partial charge in [0.2, 0.25) is 5.91 Å². The van der Waals surface area contributed by atoms with Crippen molar-refractivity contribution >= 4 is 23.5 Å². The number of hydrogen-bond donors (Lipinski definition) is 3. The maximum Gasteiger partial charge on any atom is 0.416 e. The Balaban J connectivity index is 1.56. The second-order valence-corrected chi connectivity index (χ2v) is 10.9. The number of hydrogen-bond acceptors (Lipinski definition) is 3. The fourth-order valence-electron chi connectivity index (χ4n) is 5.46. The minimum atomic E-state index is -4.54. The Morgan fingerprint density at radius 3 is 2.21 bits per heavy atom. The summed E-state index contributed by atoms with van der Waals surface area (Å²) in [5.41, 5.74) is 2.70. The van der Waals surface area contributed by atoms with E-state index in [0.717, 1.165) is 36.1 Å². The molecule has 0 spiro atoms. The number of rotatable bonds is 10. The lowest BCUT2D eigenvalue weighted by atomic mass is 9.83. The Bertz CT molecular complexity index is 1400. The van der Waals surface area contributed by atoms with Crippen LogP contribution in [0.5, 0.6) is 0 Å². The second kappa shape index (κ2) is 13.7. The van der Waals surface area contributed by atoms with Gasteiger partial charge in [0.1, 0.15) is 0 Å². The van der Waals surface area contributed by atoms with Crippen LogP contribution in [0.4, 0.5) is 18.9 Å². The quantitative estimate of drug-likeness (QED) is 0.236. The topological polar surface area (TPSA) is 95.5 Å². The van der Waals surface area contributed by atoms with Crippen molar-refractivity contribution in [2.24, 2.45) is 0 Å². The standard InChI is InChI=1S/C33H35F3N2O4/c1-21-17-27(33(34,35)36)20-28(18-21)38-32(42)29(25-13-11-24(12-14-25)23-5-3-2-4-6-23)19-22-7-9-26(10-8-22)31(41)37-16-15-30(39)40/h7-14,17-18,20,23,29H,2-6,15-16,19H2,1H3,(H,37,41)(H,38,42)(H,39,40). The molecule has 0 saturated heterocycles. The van der Waals surface area contributed by atoms with Gasteiger partial charge in [-0.25, -0.2) is 0 Å². The highest BCUT2D eigenvalue weighted by Crippen LogP contribution is 2.35. The molecule has 1 atom stereocenters. The number of anilines is 1. The molecule has 6 nitrogen and oxygen atoms in total. The highest BCUT2D eigenvalue weighted by Gasteiger charge is 2.31. The molecule has 1 aliphatic rings. The third-order valence-corrected chi connectivity index (χ3v) is 7.68. The molecule has 0 heterocycles. The molecule has 4 rings (SSSR count). The molecule has 0 bridgehead atoms. The van der Waals surface area contributed by atoms with Crippen LogP contribution in [-0.4, -0.2) is 29.4 Å². The highest BCUT2D eigenvalue weighted by atomic mass is 19.4. The van der Waals surface area contributed by atoms with Gasteiger partial charge in [-0.1, -0.05) is 55.7 Å². The van der Waals surface area contributed by atoms with Crippen molar-refractivity contribution < 1.29 is 32.7 Å². The van der Waals surface area contributed by atoms with Gasteiger partial charge in [-0.05, 0) is 84.7 Å². The Kier molecular flexibility index (Phi) is 10.0. The predicted octanol–water partition coefficient (Wildman–Crippen LogP) is 7.23. The number of amides is 2. The van der Waals surface area contributed by atoms with E-state index < -0.39 is 35.4 Å². The van der Waals surface area contributed by atoms with Crippen LogP contribution in [-0.2, 0) is 22.2 Å². The third-order valence-electron chi connectivity index (χ3n) is 7.68. The lowest BCUT2D eigenvalue weighted by Crippen LogP contribution is -2.26. The van der Waals surface area contributed by atoms with Crippen LogP contribution in [0.3, 0.4) is 0 Å². The molecular formula is C33H35F3N2O4. The van der Waals surface area contributed by atoms with Gasteiger partial charge in [-0.15, -0.1) is 0 Å². The molecule has 0 aliphatic heterocycles. The average Bonchev–Trinajstić information content (AvgIpc) is 2.96. The third kappa shape index (κ3) is 8.44. The maximum atomic E-state index is 13.6. The van der Waals surface area contributed by atoms with Crippen LogP contribution in [0.2, 0.25) is 0 Å². The van der Waals surface area contributed by atoms with Crippen LogP contribution in [0.25, 0.3) is 0 Å². The number of carbonyl (C=O) groups is 3. The average molecular weight is 581 g/mol.